The van der Waals surface area contributed by atoms with Gasteiger partial charge in [-0.15, -0.1) is 5.10 Å². The first-order valence-corrected chi connectivity index (χ1v) is 9.14. The molecule has 146 valence electrons. The molecule has 0 bridgehead atoms. The fraction of sp³-hybridized carbons (Fsp3) is 0.316. The predicted octanol–water partition coefficient (Wildman–Crippen LogP) is 1.32. The van der Waals surface area contributed by atoms with E-state index in [9.17, 15) is 9.59 Å². The largest absolute Gasteiger partial charge is 0.337 e. The summed E-state index contributed by atoms with van der Waals surface area (Å²) >= 11 is 0. The zero-order valence-corrected chi connectivity index (χ0v) is 15.5. The number of amides is 2. The topological polar surface area (TPSA) is 97.9 Å². The van der Waals surface area contributed by atoms with Gasteiger partial charge in [0.15, 0.2) is 0 Å². The number of anilines is 1. The maximum atomic E-state index is 12.8. The van der Waals surface area contributed by atoms with Crippen LogP contribution in [0.15, 0.2) is 49.2 Å². The Hall–Kier alpha value is -3.49. The number of nitrogens with zero attached hydrogens (tertiary/aromatic N) is 6. The van der Waals surface area contributed by atoms with E-state index in [-0.39, 0.29) is 13.2 Å². The second-order valence-corrected chi connectivity index (χ2v) is 6.76. The van der Waals surface area contributed by atoms with Gasteiger partial charge in [-0.2, -0.15) is 0 Å². The van der Waals surface area contributed by atoms with Crippen LogP contribution in [0.2, 0.25) is 0 Å². The average Bonchev–Trinajstić information content (AvgIpc) is 3.35. The highest BCUT2D eigenvalue weighted by Crippen LogP contribution is 2.19. The van der Waals surface area contributed by atoms with E-state index in [1.54, 1.807) is 24.3 Å². The lowest BCUT2D eigenvalue weighted by Crippen LogP contribution is -2.49. The number of aryl methyl sites for hydroxylation is 1. The van der Waals surface area contributed by atoms with E-state index in [1.165, 1.54) is 11.2 Å². The molecule has 2 amide bonds. The Morgan fingerprint density at radius 3 is 2.93 bits per heavy atom. The normalized spacial score (nSPS) is 17.0. The minimum Gasteiger partial charge on any atom is -0.337 e. The number of rotatable bonds is 4. The summed E-state index contributed by atoms with van der Waals surface area (Å²) in [6.45, 7) is 1.26. The number of hydrogen-bond donors (Lipinski definition) is 1. The number of hydrogen-bond acceptors (Lipinski definition) is 5. The fourth-order valence-corrected chi connectivity index (χ4v) is 3.30. The molecule has 0 saturated carbocycles. The number of benzene rings is 1. The van der Waals surface area contributed by atoms with Crippen molar-refractivity contribution in [3.63, 3.8) is 0 Å². The van der Waals surface area contributed by atoms with E-state index in [0.717, 1.165) is 18.5 Å². The van der Waals surface area contributed by atoms with Crippen LogP contribution >= 0.6 is 0 Å². The van der Waals surface area contributed by atoms with Gasteiger partial charge in [-0.25, -0.2) is 14.6 Å². The molecule has 1 aliphatic rings. The van der Waals surface area contributed by atoms with Crippen LogP contribution in [-0.2, 0) is 17.9 Å². The monoisotopic (exact) mass is 381 g/mol. The zero-order valence-electron chi connectivity index (χ0n) is 15.5. The van der Waals surface area contributed by atoms with Crippen LogP contribution in [0.25, 0.3) is 0 Å². The summed E-state index contributed by atoms with van der Waals surface area (Å²) in [5, 5.41) is 7.02. The molecule has 1 aliphatic heterocycles. The number of carbonyl (C=O) groups is 2. The smallest absolute Gasteiger partial charge is 0.291 e. The standard InChI is InChI=1S/C19H21N7O2.H2/c1-24-16-10-20-12-25(16)9-5-8-15(19(24)28)22-18(27)17-21-13-26(23-17)11-14-6-3-2-4-7-14;/h2-4,6-7,10,12-13,15H,5,8-9,11H2,1H3,(H,22,27);1H/t15-;/m0./s1. The van der Waals surface area contributed by atoms with Crippen LogP contribution in [0.1, 0.15) is 30.5 Å². The number of aromatic nitrogens is 5. The van der Waals surface area contributed by atoms with Crippen molar-refractivity contribution in [1.29, 1.82) is 0 Å². The summed E-state index contributed by atoms with van der Waals surface area (Å²) in [6, 6.07) is 9.18. The average molecular weight is 381 g/mol. The Morgan fingerprint density at radius 1 is 1.29 bits per heavy atom. The lowest BCUT2D eigenvalue weighted by Gasteiger charge is -2.27. The molecule has 4 rings (SSSR count). The van der Waals surface area contributed by atoms with Gasteiger partial charge in [-0.3, -0.25) is 14.5 Å². The lowest BCUT2D eigenvalue weighted by molar-refractivity contribution is -0.120. The number of carbonyl (C=O) groups excluding carboxylic acids is 2. The summed E-state index contributed by atoms with van der Waals surface area (Å²) in [5.41, 5.74) is 1.06. The van der Waals surface area contributed by atoms with Gasteiger partial charge >= 0.3 is 0 Å². The van der Waals surface area contributed by atoms with Crippen LogP contribution < -0.4 is 10.2 Å². The minimum absolute atomic E-state index is 0. The van der Waals surface area contributed by atoms with Gasteiger partial charge < -0.3 is 9.88 Å². The van der Waals surface area contributed by atoms with Crippen LogP contribution in [0.3, 0.4) is 0 Å². The fourth-order valence-electron chi connectivity index (χ4n) is 3.30. The molecule has 0 radical (unpaired) electrons. The molecule has 3 aromatic rings. The summed E-state index contributed by atoms with van der Waals surface area (Å²) < 4.78 is 3.54. The van der Waals surface area contributed by atoms with Crippen molar-refractivity contribution >= 4 is 17.6 Å². The van der Waals surface area contributed by atoms with Crippen molar-refractivity contribution in [2.75, 3.05) is 11.9 Å². The molecule has 9 nitrogen and oxygen atoms in total. The summed E-state index contributed by atoms with van der Waals surface area (Å²) in [5.74, 6) is 0.138. The van der Waals surface area contributed by atoms with Crippen molar-refractivity contribution in [3.05, 3.63) is 60.6 Å². The minimum atomic E-state index is -0.623. The van der Waals surface area contributed by atoms with Crippen molar-refractivity contribution < 1.29 is 11.0 Å². The molecular weight excluding hydrogens is 358 g/mol. The SMILES string of the molecule is CN1C(=O)[C@@H](NC(=O)c2ncn(Cc3ccccc3)n2)CCCn2cncc21.[HH]. The molecule has 1 N–H and O–H groups in total. The van der Waals surface area contributed by atoms with Gasteiger partial charge in [-0.05, 0) is 18.4 Å². The molecule has 9 heteroatoms. The number of likely N-dealkylation sites (N-methyl/N-ethyl adjacent to an activating group) is 1. The van der Waals surface area contributed by atoms with Crippen LogP contribution in [0, 0.1) is 0 Å². The third-order valence-corrected chi connectivity index (χ3v) is 4.79. The maximum Gasteiger partial charge on any atom is 0.291 e. The van der Waals surface area contributed by atoms with Gasteiger partial charge in [-0.1, -0.05) is 30.3 Å². The van der Waals surface area contributed by atoms with E-state index >= 15 is 0 Å². The number of imidazole rings is 1. The first-order chi connectivity index (χ1) is 13.6. The van der Waals surface area contributed by atoms with Gasteiger partial charge in [0.1, 0.15) is 18.2 Å². The summed E-state index contributed by atoms with van der Waals surface area (Å²) in [4.78, 5) is 35.1. The van der Waals surface area contributed by atoms with Crippen molar-refractivity contribution in [2.45, 2.75) is 32.0 Å². The molecule has 1 aromatic carbocycles. The van der Waals surface area contributed by atoms with E-state index in [0.29, 0.717) is 18.8 Å². The maximum absolute atomic E-state index is 12.8. The van der Waals surface area contributed by atoms with E-state index in [2.05, 4.69) is 20.4 Å². The van der Waals surface area contributed by atoms with E-state index in [1.807, 2.05) is 34.9 Å². The quantitative estimate of drug-likeness (QED) is 0.735. The Balaban J connectivity index is 0.00000240. The Bertz CT molecular complexity index is 985. The highest BCUT2D eigenvalue weighted by Gasteiger charge is 2.29. The molecule has 0 aliphatic carbocycles. The molecule has 0 fully saturated rings. The Labute approximate surface area is 163 Å². The molecule has 3 heterocycles. The van der Waals surface area contributed by atoms with Gasteiger partial charge in [0.25, 0.3) is 5.91 Å². The van der Waals surface area contributed by atoms with Crippen LogP contribution in [0.5, 0.6) is 0 Å². The van der Waals surface area contributed by atoms with E-state index in [4.69, 9.17) is 0 Å². The number of nitrogens with one attached hydrogen (secondary N) is 1. The first kappa shape index (κ1) is 17.9. The molecular formula is C19H23N7O2. The van der Waals surface area contributed by atoms with Crippen LogP contribution in [-0.4, -0.2) is 49.2 Å². The van der Waals surface area contributed by atoms with Crippen molar-refractivity contribution in [3.8, 4) is 0 Å². The molecule has 28 heavy (non-hydrogen) atoms. The molecule has 1 atom stereocenters. The summed E-state index contributed by atoms with van der Waals surface area (Å²) in [7, 11) is 1.69. The van der Waals surface area contributed by atoms with E-state index < -0.39 is 11.9 Å². The second-order valence-electron chi connectivity index (χ2n) is 6.76. The third-order valence-electron chi connectivity index (χ3n) is 4.79. The van der Waals surface area contributed by atoms with Crippen molar-refractivity contribution in [1.82, 2.24) is 29.6 Å². The lowest BCUT2D eigenvalue weighted by atomic mass is 10.1. The van der Waals surface area contributed by atoms with Gasteiger partial charge in [0.05, 0.1) is 19.1 Å². The molecule has 0 spiro atoms. The Morgan fingerprint density at radius 2 is 2.11 bits per heavy atom. The van der Waals surface area contributed by atoms with Crippen molar-refractivity contribution in [2.24, 2.45) is 0 Å². The second kappa shape index (κ2) is 7.63. The highest BCUT2D eigenvalue weighted by atomic mass is 16.2. The third kappa shape index (κ3) is 3.64. The molecule has 2 aromatic heterocycles. The highest BCUT2D eigenvalue weighted by molar-refractivity contribution is 6.00. The van der Waals surface area contributed by atoms with Crippen LogP contribution in [0.4, 0.5) is 5.82 Å². The molecule has 0 saturated heterocycles. The summed E-state index contributed by atoms with van der Waals surface area (Å²) in [6.07, 6.45) is 6.17. The van der Waals surface area contributed by atoms with Gasteiger partial charge in [0.2, 0.25) is 11.7 Å². The van der Waals surface area contributed by atoms with Gasteiger partial charge in [0, 0.05) is 15.0 Å². The zero-order chi connectivity index (χ0) is 19.5. The predicted molar refractivity (Wildman–Crippen MR) is 104 cm³/mol. The molecule has 0 unspecified atom stereocenters. The first-order valence-electron chi connectivity index (χ1n) is 9.14. The Kier molecular flexibility index (Phi) is 4.88. The number of fused-ring (bicyclic) bond motifs is 1.